The van der Waals surface area contributed by atoms with E-state index >= 15 is 0 Å². The molecular weight excluding hydrogens is 582 g/mol. The van der Waals surface area contributed by atoms with E-state index in [-0.39, 0.29) is 18.2 Å². The lowest BCUT2D eigenvalue weighted by Crippen LogP contribution is -2.28. The summed E-state index contributed by atoms with van der Waals surface area (Å²) in [7, 11) is 0. The molecule has 0 unspecified atom stereocenters. The van der Waals surface area contributed by atoms with Crippen LogP contribution in [0.4, 0.5) is 0 Å². The van der Waals surface area contributed by atoms with E-state index in [9.17, 15) is 9.90 Å². The number of amides is 1. The summed E-state index contributed by atoms with van der Waals surface area (Å²) in [6.07, 6.45) is 6.84. The third kappa shape index (κ3) is 5.97. The first kappa shape index (κ1) is 24.3. The van der Waals surface area contributed by atoms with E-state index in [2.05, 4.69) is 42.1 Å². The zero-order valence-electron chi connectivity index (χ0n) is 18.0. The zero-order valence-corrected chi connectivity index (χ0v) is 22.0. The van der Waals surface area contributed by atoms with Gasteiger partial charge in [0.2, 0.25) is 0 Å². The molecule has 4 rings (SSSR count). The molecular formula is C25H19Br2N3O3S. The number of carbonyl (C=O) groups is 1. The fraction of sp³-hybridized carbons (Fsp3) is 0.0800. The van der Waals surface area contributed by atoms with Gasteiger partial charge in [-0.2, -0.15) is 5.10 Å². The number of amidine groups is 1. The minimum atomic E-state index is -0.248. The summed E-state index contributed by atoms with van der Waals surface area (Å²) in [5.41, 5.74) is 2.48. The number of halogens is 2. The monoisotopic (exact) mass is 599 g/mol. The van der Waals surface area contributed by atoms with Crippen LogP contribution in [0.2, 0.25) is 0 Å². The van der Waals surface area contributed by atoms with E-state index in [4.69, 9.17) is 4.42 Å². The molecule has 172 valence electrons. The summed E-state index contributed by atoms with van der Waals surface area (Å²) in [5, 5.41) is 19.4. The van der Waals surface area contributed by atoms with Crippen LogP contribution < -0.4 is 0 Å². The number of thioether (sulfide) groups is 1. The maximum absolute atomic E-state index is 13.2. The second-order valence-electron chi connectivity index (χ2n) is 7.33. The normalized spacial score (nSPS) is 17.0. The molecule has 0 bridgehead atoms. The molecule has 0 saturated carbocycles. The van der Waals surface area contributed by atoms with Crippen molar-refractivity contribution in [3.8, 4) is 5.75 Å². The van der Waals surface area contributed by atoms with Gasteiger partial charge in [0.25, 0.3) is 5.91 Å². The average Bonchev–Trinajstić information content (AvgIpc) is 3.42. The number of nitrogens with zero attached hydrogens (tertiary/aromatic N) is 3. The fourth-order valence-corrected chi connectivity index (χ4v) is 5.32. The summed E-state index contributed by atoms with van der Waals surface area (Å²) < 4.78 is 6.72. The van der Waals surface area contributed by atoms with Gasteiger partial charge in [-0.25, -0.2) is 0 Å². The number of carbonyl (C=O) groups excluding carboxylic acids is 1. The molecule has 1 aliphatic rings. The van der Waals surface area contributed by atoms with Gasteiger partial charge >= 0.3 is 0 Å². The van der Waals surface area contributed by atoms with Crippen molar-refractivity contribution < 1.29 is 14.3 Å². The number of allylic oxidation sites excluding steroid dienone is 1. The van der Waals surface area contributed by atoms with Crippen molar-refractivity contribution >= 4 is 73.1 Å². The van der Waals surface area contributed by atoms with Gasteiger partial charge in [-0.1, -0.05) is 52.3 Å². The Bertz CT molecular complexity index is 1320. The molecule has 1 fully saturated rings. The molecule has 2 aromatic carbocycles. The number of hydrogen-bond acceptors (Lipinski definition) is 6. The SMILES string of the molecule is CC(/C=N\N=C1\S/C(=C\c2cc(Br)cc(Br)c2O)C(=O)N1Cc1ccco1)=C\c1ccccc1. The van der Waals surface area contributed by atoms with Gasteiger partial charge in [-0.3, -0.25) is 9.69 Å². The number of phenols is 1. The average molecular weight is 601 g/mol. The summed E-state index contributed by atoms with van der Waals surface area (Å²) in [5.74, 6) is 0.425. The maximum Gasteiger partial charge on any atom is 0.267 e. The molecule has 1 aliphatic heterocycles. The number of furan rings is 1. The largest absolute Gasteiger partial charge is 0.506 e. The van der Waals surface area contributed by atoms with Crippen LogP contribution in [0.3, 0.4) is 0 Å². The third-order valence-corrected chi connectivity index (χ3v) is 6.78. The van der Waals surface area contributed by atoms with Gasteiger partial charge in [-0.05, 0) is 76.1 Å². The lowest BCUT2D eigenvalue weighted by Gasteiger charge is -2.12. The van der Waals surface area contributed by atoms with Crippen LogP contribution >= 0.6 is 43.6 Å². The lowest BCUT2D eigenvalue weighted by molar-refractivity contribution is -0.122. The number of benzene rings is 2. The van der Waals surface area contributed by atoms with Crippen molar-refractivity contribution in [2.45, 2.75) is 13.5 Å². The van der Waals surface area contributed by atoms with Crippen molar-refractivity contribution in [1.29, 1.82) is 0 Å². The molecule has 3 aromatic rings. The van der Waals surface area contributed by atoms with Crippen molar-refractivity contribution in [2.24, 2.45) is 10.2 Å². The highest BCUT2D eigenvalue weighted by Crippen LogP contribution is 2.38. The first-order valence-corrected chi connectivity index (χ1v) is 12.6. The fourth-order valence-electron chi connectivity index (χ4n) is 3.14. The van der Waals surface area contributed by atoms with Crippen molar-refractivity contribution in [3.63, 3.8) is 0 Å². The highest BCUT2D eigenvalue weighted by Gasteiger charge is 2.34. The second-order valence-corrected chi connectivity index (χ2v) is 10.1. The molecule has 34 heavy (non-hydrogen) atoms. The highest BCUT2D eigenvalue weighted by atomic mass is 79.9. The van der Waals surface area contributed by atoms with E-state index in [1.807, 2.05) is 43.3 Å². The quantitative estimate of drug-likeness (QED) is 0.186. The Morgan fingerprint density at radius 1 is 1.18 bits per heavy atom. The van der Waals surface area contributed by atoms with Gasteiger partial charge in [0.15, 0.2) is 5.17 Å². The topological polar surface area (TPSA) is 78.4 Å². The van der Waals surface area contributed by atoms with E-state index < -0.39 is 0 Å². The Morgan fingerprint density at radius 2 is 1.97 bits per heavy atom. The lowest BCUT2D eigenvalue weighted by atomic mass is 10.1. The molecule has 1 aromatic heterocycles. The summed E-state index contributed by atoms with van der Waals surface area (Å²) in [6.45, 7) is 2.15. The van der Waals surface area contributed by atoms with Gasteiger partial charge < -0.3 is 9.52 Å². The first-order valence-electron chi connectivity index (χ1n) is 10.2. The van der Waals surface area contributed by atoms with Crippen molar-refractivity contribution in [2.75, 3.05) is 0 Å². The van der Waals surface area contributed by atoms with Gasteiger partial charge in [0.05, 0.1) is 28.4 Å². The summed E-state index contributed by atoms with van der Waals surface area (Å²) in [6, 6.07) is 17.0. The van der Waals surface area contributed by atoms with Gasteiger partial charge in [-0.15, -0.1) is 5.10 Å². The maximum atomic E-state index is 13.2. The Balaban J connectivity index is 1.63. The van der Waals surface area contributed by atoms with Gasteiger partial charge in [0, 0.05) is 10.0 Å². The second kappa shape index (κ2) is 11.0. The molecule has 2 heterocycles. The molecule has 0 aliphatic carbocycles. The predicted octanol–water partition coefficient (Wildman–Crippen LogP) is 7.07. The van der Waals surface area contributed by atoms with Crippen molar-refractivity contribution in [3.05, 3.63) is 97.2 Å². The highest BCUT2D eigenvalue weighted by molar-refractivity contribution is 9.11. The number of hydrogen-bond donors (Lipinski definition) is 1. The Kier molecular flexibility index (Phi) is 7.87. The van der Waals surface area contributed by atoms with Crippen LogP contribution in [0, 0.1) is 0 Å². The molecule has 6 nitrogen and oxygen atoms in total. The molecule has 1 amide bonds. The Morgan fingerprint density at radius 3 is 2.71 bits per heavy atom. The minimum absolute atomic E-state index is 0.0479. The Hall–Kier alpha value is -2.88. The van der Waals surface area contributed by atoms with Crippen LogP contribution in [-0.2, 0) is 11.3 Å². The van der Waals surface area contributed by atoms with Crippen LogP contribution in [-0.4, -0.2) is 27.3 Å². The molecule has 1 N–H and O–H groups in total. The van der Waals surface area contributed by atoms with E-state index in [0.29, 0.717) is 25.9 Å². The predicted molar refractivity (Wildman–Crippen MR) is 144 cm³/mol. The van der Waals surface area contributed by atoms with E-state index in [1.165, 1.54) is 16.7 Å². The first-order chi connectivity index (χ1) is 16.4. The van der Waals surface area contributed by atoms with Crippen LogP contribution in [0.15, 0.2) is 94.9 Å². The smallest absolute Gasteiger partial charge is 0.267 e. The molecule has 0 radical (unpaired) electrons. The number of phenolic OH excluding ortho intramolecular Hbond substituents is 1. The molecule has 9 heteroatoms. The van der Waals surface area contributed by atoms with Crippen LogP contribution in [0.25, 0.3) is 12.2 Å². The molecule has 1 saturated heterocycles. The third-order valence-electron chi connectivity index (χ3n) is 4.72. The van der Waals surface area contributed by atoms with Crippen molar-refractivity contribution in [1.82, 2.24) is 4.90 Å². The molecule has 0 atom stereocenters. The van der Waals surface area contributed by atoms with E-state index in [1.54, 1.807) is 42.8 Å². The number of rotatable bonds is 6. The van der Waals surface area contributed by atoms with Crippen LogP contribution in [0.5, 0.6) is 5.75 Å². The van der Waals surface area contributed by atoms with Crippen LogP contribution in [0.1, 0.15) is 23.8 Å². The summed E-state index contributed by atoms with van der Waals surface area (Å²) >= 11 is 7.93. The standard InChI is InChI=1S/C25H19Br2N3O3S/c1-16(10-17-6-3-2-4-7-17)14-28-29-25-30(15-20-8-5-9-33-20)24(32)22(34-25)12-18-11-19(26)13-21(27)23(18)31/h2-14,31H,15H2,1H3/b16-10+,22-12-,28-14-,29-25+. The number of aromatic hydroxyl groups is 1. The van der Waals surface area contributed by atoms with E-state index in [0.717, 1.165) is 15.6 Å². The summed E-state index contributed by atoms with van der Waals surface area (Å²) in [4.78, 5) is 15.1. The minimum Gasteiger partial charge on any atom is -0.506 e. The zero-order chi connectivity index (χ0) is 24.1. The Labute approximate surface area is 218 Å². The molecule has 0 spiro atoms. The van der Waals surface area contributed by atoms with Gasteiger partial charge in [0.1, 0.15) is 11.5 Å².